The van der Waals surface area contributed by atoms with Gasteiger partial charge in [-0.25, -0.2) is 0 Å². The molecule has 92 valence electrons. The van der Waals surface area contributed by atoms with Crippen LogP contribution in [0.25, 0.3) is 0 Å². The summed E-state index contributed by atoms with van der Waals surface area (Å²) in [7, 11) is 0. The van der Waals surface area contributed by atoms with Crippen LogP contribution in [-0.2, 0) is 0 Å². The van der Waals surface area contributed by atoms with Crippen LogP contribution < -0.4 is 0 Å². The summed E-state index contributed by atoms with van der Waals surface area (Å²) >= 11 is 0. The average Bonchev–Trinajstić information content (AvgIpc) is 2.29. The fourth-order valence-electron chi connectivity index (χ4n) is 1.92. The maximum Gasteiger partial charge on any atom is 0.119 e. The molecule has 1 aromatic carbocycles. The number of phenols is 1. The van der Waals surface area contributed by atoms with Gasteiger partial charge in [-0.15, -0.1) is 0 Å². The molecule has 0 aliphatic carbocycles. The lowest BCUT2D eigenvalue weighted by atomic mass is 9.88. The molecular weight excluding hydrogens is 196 g/mol. The molecule has 0 amide bonds. The molecule has 0 aliphatic heterocycles. The van der Waals surface area contributed by atoms with E-state index in [0.717, 1.165) is 18.4 Å². The van der Waals surface area contributed by atoms with Crippen LogP contribution in [0.1, 0.15) is 58.9 Å². The van der Waals surface area contributed by atoms with Gasteiger partial charge in [0.05, 0.1) is 0 Å². The summed E-state index contributed by atoms with van der Waals surface area (Å²) in [6, 6.07) is 7.68. The molecule has 1 nitrogen and oxygen atoms in total. The summed E-state index contributed by atoms with van der Waals surface area (Å²) in [5, 5.41) is 9.72. The highest BCUT2D eigenvalue weighted by Gasteiger charge is 2.14. The molecule has 1 heteroatoms. The number of aromatic hydroxyl groups is 1. The Bertz CT molecular complexity index is 279. The topological polar surface area (TPSA) is 20.2 Å². The quantitative estimate of drug-likeness (QED) is 0.763. The van der Waals surface area contributed by atoms with Crippen LogP contribution >= 0.6 is 0 Å². The molecule has 0 heterocycles. The van der Waals surface area contributed by atoms with Crippen molar-refractivity contribution >= 4 is 0 Å². The molecule has 0 bridgehead atoms. The number of phenolic OH excluding ortho intramolecular Hbond substituents is 1. The minimum Gasteiger partial charge on any atom is -0.508 e. The Labute approximate surface area is 101 Å². The van der Waals surface area contributed by atoms with Crippen molar-refractivity contribution in [3.8, 4) is 5.75 Å². The van der Waals surface area contributed by atoms with Gasteiger partial charge >= 0.3 is 0 Å². The molecule has 1 unspecified atom stereocenters. The maximum atomic E-state index is 9.72. The van der Waals surface area contributed by atoms with E-state index < -0.39 is 0 Å². The fraction of sp³-hybridized carbons (Fsp3) is 0.600. The van der Waals surface area contributed by atoms with Crippen LogP contribution in [0.5, 0.6) is 5.75 Å². The van der Waals surface area contributed by atoms with E-state index in [-0.39, 0.29) is 0 Å². The monoisotopic (exact) mass is 222 g/mol. The van der Waals surface area contributed by atoms with E-state index >= 15 is 0 Å². The first-order chi connectivity index (χ1) is 7.65. The van der Waals surface area contributed by atoms with Crippen molar-refractivity contribution in [2.45, 2.75) is 53.4 Å². The van der Waals surface area contributed by atoms with Crippen LogP contribution in [0.4, 0.5) is 0 Å². The Morgan fingerprint density at radius 1 is 1.12 bits per heavy atom. The van der Waals surface area contributed by atoms with E-state index in [0.29, 0.717) is 17.6 Å². The lowest BCUT2D eigenvalue weighted by Gasteiger charge is -2.18. The van der Waals surface area contributed by atoms with Crippen molar-refractivity contribution in [3.05, 3.63) is 29.8 Å². The Kier molecular flexibility index (Phi) is 7.70. The predicted molar refractivity (Wildman–Crippen MR) is 71.9 cm³/mol. The van der Waals surface area contributed by atoms with Gasteiger partial charge in [0.25, 0.3) is 0 Å². The van der Waals surface area contributed by atoms with Crippen LogP contribution in [0, 0.1) is 5.92 Å². The number of hydrogen-bond donors (Lipinski definition) is 1. The maximum absolute atomic E-state index is 9.72. The van der Waals surface area contributed by atoms with Crippen molar-refractivity contribution in [2.75, 3.05) is 0 Å². The van der Waals surface area contributed by atoms with Crippen LogP contribution in [0.3, 0.4) is 0 Å². The SMILES string of the molecule is CC.CCC(CC(C)C)c1ccccc1O. The second-order valence-corrected chi connectivity index (χ2v) is 4.29. The average molecular weight is 222 g/mol. The summed E-state index contributed by atoms with van der Waals surface area (Å²) in [5.74, 6) is 1.62. The summed E-state index contributed by atoms with van der Waals surface area (Å²) in [6.45, 7) is 10.6. The molecule has 0 saturated carbocycles. The second kappa shape index (κ2) is 8.20. The third-order valence-corrected chi connectivity index (χ3v) is 2.63. The van der Waals surface area contributed by atoms with E-state index in [1.165, 1.54) is 0 Å². The molecule has 0 fully saturated rings. The second-order valence-electron chi connectivity index (χ2n) is 4.29. The van der Waals surface area contributed by atoms with E-state index in [1.54, 1.807) is 6.07 Å². The van der Waals surface area contributed by atoms with Crippen LogP contribution in [0.2, 0.25) is 0 Å². The van der Waals surface area contributed by atoms with Crippen molar-refractivity contribution in [1.29, 1.82) is 0 Å². The van der Waals surface area contributed by atoms with Gasteiger partial charge in [0.1, 0.15) is 5.75 Å². The van der Waals surface area contributed by atoms with Gasteiger partial charge < -0.3 is 5.11 Å². The van der Waals surface area contributed by atoms with E-state index in [2.05, 4.69) is 20.8 Å². The van der Waals surface area contributed by atoms with Crippen molar-refractivity contribution in [3.63, 3.8) is 0 Å². The summed E-state index contributed by atoms with van der Waals surface area (Å²) in [6.07, 6.45) is 2.24. The number of benzene rings is 1. The molecule has 1 aromatic rings. The molecule has 1 atom stereocenters. The third kappa shape index (κ3) is 4.69. The Morgan fingerprint density at radius 3 is 2.12 bits per heavy atom. The predicted octanol–water partition coefficient (Wildman–Crippen LogP) is 4.96. The zero-order valence-electron chi connectivity index (χ0n) is 11.3. The number of hydrogen-bond acceptors (Lipinski definition) is 1. The van der Waals surface area contributed by atoms with Gasteiger partial charge in [0.2, 0.25) is 0 Å². The van der Waals surface area contributed by atoms with Crippen molar-refractivity contribution in [1.82, 2.24) is 0 Å². The molecule has 0 aliphatic rings. The first-order valence-electron chi connectivity index (χ1n) is 6.43. The van der Waals surface area contributed by atoms with Gasteiger partial charge in [0, 0.05) is 0 Å². The molecule has 1 rings (SSSR count). The first-order valence-corrected chi connectivity index (χ1v) is 6.43. The Morgan fingerprint density at radius 2 is 1.69 bits per heavy atom. The zero-order chi connectivity index (χ0) is 12.6. The standard InChI is InChI=1S/C13H20O.C2H6/c1-4-11(9-10(2)3)12-7-5-6-8-13(12)14;1-2/h5-8,10-11,14H,4,9H2,1-3H3;1-2H3. The molecule has 0 saturated heterocycles. The summed E-state index contributed by atoms with van der Waals surface area (Å²) < 4.78 is 0. The highest BCUT2D eigenvalue weighted by atomic mass is 16.3. The molecule has 0 spiro atoms. The number of para-hydroxylation sites is 1. The Balaban J connectivity index is 0.00000106. The fourth-order valence-corrected chi connectivity index (χ4v) is 1.92. The van der Waals surface area contributed by atoms with E-state index in [9.17, 15) is 5.11 Å². The molecular formula is C15H26O. The van der Waals surface area contributed by atoms with Crippen LogP contribution in [0.15, 0.2) is 24.3 Å². The summed E-state index contributed by atoms with van der Waals surface area (Å²) in [4.78, 5) is 0. The summed E-state index contributed by atoms with van der Waals surface area (Å²) in [5.41, 5.74) is 1.10. The Hall–Kier alpha value is -0.980. The zero-order valence-corrected chi connectivity index (χ0v) is 11.3. The van der Waals surface area contributed by atoms with Crippen molar-refractivity contribution in [2.24, 2.45) is 5.92 Å². The van der Waals surface area contributed by atoms with E-state index in [4.69, 9.17) is 0 Å². The molecule has 16 heavy (non-hydrogen) atoms. The van der Waals surface area contributed by atoms with E-state index in [1.807, 2.05) is 32.0 Å². The highest BCUT2D eigenvalue weighted by Crippen LogP contribution is 2.32. The van der Waals surface area contributed by atoms with Gasteiger partial charge in [-0.1, -0.05) is 52.8 Å². The largest absolute Gasteiger partial charge is 0.508 e. The molecule has 0 radical (unpaired) electrons. The van der Waals surface area contributed by atoms with Crippen molar-refractivity contribution < 1.29 is 5.11 Å². The minimum absolute atomic E-state index is 0.444. The van der Waals surface area contributed by atoms with Gasteiger partial charge in [-0.2, -0.15) is 0 Å². The smallest absolute Gasteiger partial charge is 0.119 e. The minimum atomic E-state index is 0.444. The van der Waals surface area contributed by atoms with Gasteiger partial charge in [-0.3, -0.25) is 0 Å². The first kappa shape index (κ1) is 15.0. The van der Waals surface area contributed by atoms with Gasteiger partial charge in [0.15, 0.2) is 0 Å². The molecule has 1 N–H and O–H groups in total. The molecule has 0 aromatic heterocycles. The lowest BCUT2D eigenvalue weighted by Crippen LogP contribution is -2.02. The highest BCUT2D eigenvalue weighted by molar-refractivity contribution is 5.34. The van der Waals surface area contributed by atoms with Gasteiger partial charge in [-0.05, 0) is 36.3 Å². The third-order valence-electron chi connectivity index (χ3n) is 2.63. The van der Waals surface area contributed by atoms with Crippen LogP contribution in [-0.4, -0.2) is 5.11 Å². The number of rotatable bonds is 4. The lowest BCUT2D eigenvalue weighted by molar-refractivity contribution is 0.437. The normalized spacial score (nSPS) is 11.9.